The van der Waals surface area contributed by atoms with Crippen molar-refractivity contribution in [2.24, 2.45) is 0 Å². The summed E-state index contributed by atoms with van der Waals surface area (Å²) in [5.41, 5.74) is 6.63. The van der Waals surface area contributed by atoms with E-state index >= 15 is 0 Å². The Labute approximate surface area is 107 Å². The fourth-order valence-corrected chi connectivity index (χ4v) is 1.52. The van der Waals surface area contributed by atoms with Gasteiger partial charge in [0.2, 0.25) is 0 Å². The number of hydrogen-bond donors (Lipinski definition) is 2. The van der Waals surface area contributed by atoms with Gasteiger partial charge in [0.15, 0.2) is 0 Å². The van der Waals surface area contributed by atoms with Gasteiger partial charge in [0, 0.05) is 24.7 Å². The number of methoxy groups -OCH3 is 1. The smallest absolute Gasteiger partial charge is 0.255 e. The number of nitrogens with two attached hydrogens (primary N) is 1. The number of hydrogen-bond acceptors (Lipinski definition) is 4. The molecule has 1 aromatic carbocycles. The number of carbonyl (C=O) groups is 1. The maximum absolute atomic E-state index is 11.9. The number of amides is 1. The number of nitrogens with zero attached hydrogens (tertiary/aromatic N) is 1. The second kappa shape index (κ2) is 7.17. The molecule has 0 aliphatic carbocycles. The van der Waals surface area contributed by atoms with Crippen LogP contribution in [0.25, 0.3) is 0 Å². The monoisotopic (exact) mass is 247 g/mol. The van der Waals surface area contributed by atoms with E-state index in [0.29, 0.717) is 30.0 Å². The molecule has 0 aliphatic rings. The van der Waals surface area contributed by atoms with Crippen LogP contribution in [0.5, 0.6) is 5.75 Å². The quantitative estimate of drug-likeness (QED) is 0.591. The van der Waals surface area contributed by atoms with Crippen molar-refractivity contribution in [2.75, 3.05) is 19.4 Å². The molecule has 1 aromatic rings. The number of unbranched alkanes of at least 4 members (excludes halogenated alkanes) is 2. The number of ether oxygens (including phenoxy) is 1. The summed E-state index contributed by atoms with van der Waals surface area (Å²) >= 11 is 0. The second-order valence-electron chi connectivity index (χ2n) is 3.83. The summed E-state index contributed by atoms with van der Waals surface area (Å²) in [4.78, 5) is 11.9. The Morgan fingerprint density at radius 2 is 2.28 bits per heavy atom. The van der Waals surface area contributed by atoms with E-state index in [4.69, 9.17) is 15.7 Å². The van der Waals surface area contributed by atoms with Gasteiger partial charge in [-0.05, 0) is 25.0 Å². The molecule has 0 atom stereocenters. The van der Waals surface area contributed by atoms with Crippen molar-refractivity contribution < 1.29 is 9.53 Å². The summed E-state index contributed by atoms with van der Waals surface area (Å²) in [5, 5.41) is 11.2. The van der Waals surface area contributed by atoms with Crippen LogP contribution < -0.4 is 15.8 Å². The maximum Gasteiger partial charge on any atom is 0.255 e. The number of carbonyl (C=O) groups excluding carboxylic acids is 1. The molecule has 96 valence electrons. The molecule has 5 nitrogen and oxygen atoms in total. The van der Waals surface area contributed by atoms with Gasteiger partial charge in [-0.15, -0.1) is 0 Å². The van der Waals surface area contributed by atoms with Crippen molar-refractivity contribution in [2.45, 2.75) is 19.3 Å². The van der Waals surface area contributed by atoms with Crippen LogP contribution in [0.2, 0.25) is 0 Å². The minimum absolute atomic E-state index is 0.191. The normalized spacial score (nSPS) is 9.56. The predicted molar refractivity (Wildman–Crippen MR) is 69.2 cm³/mol. The fourth-order valence-electron chi connectivity index (χ4n) is 1.52. The van der Waals surface area contributed by atoms with Crippen LogP contribution in [0.15, 0.2) is 18.2 Å². The van der Waals surface area contributed by atoms with Crippen LogP contribution >= 0.6 is 0 Å². The standard InChI is InChI=1S/C13H17N3O2/c1-18-12-9-10(15)5-6-11(12)13(17)16-8-4-2-3-7-14/h5-6,9H,2-4,8,15H2,1H3,(H,16,17). The average molecular weight is 247 g/mol. The number of nitrogen functional groups attached to an aromatic ring is 1. The Hall–Kier alpha value is -2.22. The molecule has 0 fully saturated rings. The Bertz CT molecular complexity index is 452. The topological polar surface area (TPSA) is 88.1 Å². The van der Waals surface area contributed by atoms with E-state index in [9.17, 15) is 4.79 Å². The zero-order valence-corrected chi connectivity index (χ0v) is 10.4. The molecule has 0 unspecified atom stereocenters. The van der Waals surface area contributed by atoms with E-state index in [2.05, 4.69) is 11.4 Å². The first-order valence-electron chi connectivity index (χ1n) is 5.77. The van der Waals surface area contributed by atoms with E-state index in [1.165, 1.54) is 7.11 Å². The lowest BCUT2D eigenvalue weighted by Gasteiger charge is -2.09. The van der Waals surface area contributed by atoms with Crippen molar-refractivity contribution in [3.8, 4) is 11.8 Å². The molecule has 0 heterocycles. The van der Waals surface area contributed by atoms with Gasteiger partial charge in [-0.2, -0.15) is 5.26 Å². The molecule has 0 saturated carbocycles. The van der Waals surface area contributed by atoms with Gasteiger partial charge in [0.25, 0.3) is 5.91 Å². The van der Waals surface area contributed by atoms with Crippen molar-refractivity contribution in [3.05, 3.63) is 23.8 Å². The highest BCUT2D eigenvalue weighted by atomic mass is 16.5. The Kier molecular flexibility index (Phi) is 5.52. The molecule has 3 N–H and O–H groups in total. The van der Waals surface area contributed by atoms with Crippen LogP contribution in [0.3, 0.4) is 0 Å². The number of rotatable bonds is 6. The Morgan fingerprint density at radius 3 is 2.94 bits per heavy atom. The van der Waals surface area contributed by atoms with E-state index in [-0.39, 0.29) is 5.91 Å². The third-order valence-electron chi connectivity index (χ3n) is 2.47. The summed E-state index contributed by atoms with van der Waals surface area (Å²) in [6.45, 7) is 0.550. The van der Waals surface area contributed by atoms with Gasteiger partial charge in [0.05, 0.1) is 18.7 Å². The highest BCUT2D eigenvalue weighted by Gasteiger charge is 2.11. The minimum Gasteiger partial charge on any atom is -0.496 e. The first kappa shape index (κ1) is 13.8. The molecule has 0 aliphatic heterocycles. The summed E-state index contributed by atoms with van der Waals surface area (Å²) in [5.74, 6) is 0.272. The zero-order valence-electron chi connectivity index (χ0n) is 10.4. The molecular weight excluding hydrogens is 230 g/mol. The lowest BCUT2D eigenvalue weighted by molar-refractivity contribution is 0.0950. The molecule has 18 heavy (non-hydrogen) atoms. The lowest BCUT2D eigenvalue weighted by atomic mass is 10.1. The molecule has 0 bridgehead atoms. The number of nitriles is 1. The van der Waals surface area contributed by atoms with Gasteiger partial charge >= 0.3 is 0 Å². The van der Waals surface area contributed by atoms with E-state index in [0.717, 1.165) is 12.8 Å². The largest absolute Gasteiger partial charge is 0.496 e. The summed E-state index contributed by atoms with van der Waals surface area (Å²) in [6, 6.07) is 6.98. The van der Waals surface area contributed by atoms with Crippen LogP contribution in [0.4, 0.5) is 5.69 Å². The van der Waals surface area contributed by atoms with Crippen molar-refractivity contribution in [1.29, 1.82) is 5.26 Å². The molecular formula is C13H17N3O2. The summed E-state index contributed by atoms with van der Waals surface area (Å²) in [6.07, 6.45) is 2.09. The van der Waals surface area contributed by atoms with Gasteiger partial charge < -0.3 is 15.8 Å². The average Bonchev–Trinajstić information content (AvgIpc) is 2.38. The zero-order chi connectivity index (χ0) is 13.4. The third-order valence-corrected chi connectivity index (χ3v) is 2.47. The summed E-state index contributed by atoms with van der Waals surface area (Å²) in [7, 11) is 1.50. The highest BCUT2D eigenvalue weighted by molar-refractivity contribution is 5.97. The molecule has 1 rings (SSSR count). The Morgan fingerprint density at radius 1 is 1.50 bits per heavy atom. The molecule has 0 radical (unpaired) electrons. The van der Waals surface area contributed by atoms with Crippen LogP contribution in [-0.4, -0.2) is 19.6 Å². The molecule has 0 spiro atoms. The SMILES string of the molecule is COc1cc(N)ccc1C(=O)NCCCCC#N. The first-order valence-corrected chi connectivity index (χ1v) is 5.77. The van der Waals surface area contributed by atoms with E-state index < -0.39 is 0 Å². The highest BCUT2D eigenvalue weighted by Crippen LogP contribution is 2.21. The van der Waals surface area contributed by atoms with Crippen molar-refractivity contribution in [1.82, 2.24) is 5.32 Å². The van der Waals surface area contributed by atoms with Crippen LogP contribution in [0.1, 0.15) is 29.6 Å². The van der Waals surface area contributed by atoms with Gasteiger partial charge in [-0.1, -0.05) is 0 Å². The van der Waals surface area contributed by atoms with Crippen molar-refractivity contribution in [3.63, 3.8) is 0 Å². The second-order valence-corrected chi connectivity index (χ2v) is 3.83. The molecule has 0 saturated heterocycles. The fraction of sp³-hybridized carbons (Fsp3) is 0.385. The van der Waals surface area contributed by atoms with Gasteiger partial charge in [-0.25, -0.2) is 0 Å². The van der Waals surface area contributed by atoms with Gasteiger partial charge in [0.1, 0.15) is 5.75 Å². The van der Waals surface area contributed by atoms with Gasteiger partial charge in [-0.3, -0.25) is 4.79 Å². The maximum atomic E-state index is 11.9. The number of nitrogens with one attached hydrogen (secondary N) is 1. The lowest BCUT2D eigenvalue weighted by Crippen LogP contribution is -2.24. The minimum atomic E-state index is -0.191. The van der Waals surface area contributed by atoms with E-state index in [1.807, 2.05) is 0 Å². The predicted octanol–water partition coefficient (Wildman–Crippen LogP) is 1.70. The molecule has 5 heteroatoms. The summed E-state index contributed by atoms with van der Waals surface area (Å²) < 4.78 is 5.11. The number of anilines is 1. The number of benzene rings is 1. The third kappa shape index (κ3) is 3.98. The molecule has 0 aromatic heterocycles. The Balaban J connectivity index is 2.54. The molecule has 1 amide bonds. The van der Waals surface area contributed by atoms with Crippen molar-refractivity contribution >= 4 is 11.6 Å². The van der Waals surface area contributed by atoms with E-state index in [1.54, 1.807) is 18.2 Å². The van der Waals surface area contributed by atoms with Crippen LogP contribution in [0, 0.1) is 11.3 Å². The van der Waals surface area contributed by atoms with Crippen LogP contribution in [-0.2, 0) is 0 Å². The first-order chi connectivity index (χ1) is 8.69.